The minimum Gasteiger partial charge on any atom is -0.363 e. The number of carbonyl (C=O) groups excluding carboxylic acids is 1. The Morgan fingerprint density at radius 2 is 2.00 bits per heavy atom. The van der Waals surface area contributed by atoms with Crippen molar-refractivity contribution in [3.8, 4) is 0 Å². The first-order chi connectivity index (χ1) is 8.52. The minimum absolute atomic E-state index is 0.0207. The van der Waals surface area contributed by atoms with Crippen LogP contribution in [0, 0.1) is 0 Å². The van der Waals surface area contributed by atoms with E-state index in [1.54, 1.807) is 13.8 Å². The van der Waals surface area contributed by atoms with Crippen LogP contribution in [0.25, 0.3) is 0 Å². The van der Waals surface area contributed by atoms with E-state index in [0.717, 1.165) is 19.3 Å². The summed E-state index contributed by atoms with van der Waals surface area (Å²) in [6, 6.07) is 0. The van der Waals surface area contributed by atoms with Gasteiger partial charge in [0, 0.05) is 25.2 Å². The van der Waals surface area contributed by atoms with E-state index in [-0.39, 0.29) is 24.7 Å². The van der Waals surface area contributed by atoms with Crippen molar-refractivity contribution in [2.45, 2.75) is 31.9 Å². The molecule has 8 heteroatoms. The lowest BCUT2D eigenvalue weighted by atomic mass is 10.0. The van der Waals surface area contributed by atoms with Crippen LogP contribution >= 0.6 is 0 Å². The number of rotatable bonds is 7. The summed E-state index contributed by atoms with van der Waals surface area (Å²) in [5, 5.41) is 5.73. The highest BCUT2D eigenvalue weighted by Crippen LogP contribution is 2.14. The number of hydrogen-bond acceptors (Lipinski definition) is 5. The van der Waals surface area contributed by atoms with Crippen molar-refractivity contribution in [1.82, 2.24) is 15.4 Å². The zero-order valence-electron chi connectivity index (χ0n) is 11.9. The summed E-state index contributed by atoms with van der Waals surface area (Å²) in [6.07, 6.45) is 1.09. The maximum absolute atomic E-state index is 11.6. The fourth-order valence-corrected chi connectivity index (χ4v) is 2.80. The van der Waals surface area contributed by atoms with Crippen molar-refractivity contribution in [1.29, 1.82) is 0 Å². The normalized spacial score (nSPS) is 18.7. The Hall–Kier alpha value is -0.700. The van der Waals surface area contributed by atoms with Crippen LogP contribution in [0.5, 0.6) is 0 Å². The lowest BCUT2D eigenvalue weighted by molar-refractivity contribution is -0.136. The zero-order chi connectivity index (χ0) is 14.7. The number of nitrogens with one attached hydrogen (secondary N) is 3. The molecule has 1 aliphatic heterocycles. The number of amides is 1. The second-order valence-corrected chi connectivity index (χ2v) is 7.63. The fourth-order valence-electron chi connectivity index (χ4n) is 1.73. The van der Waals surface area contributed by atoms with Crippen molar-refractivity contribution in [2.24, 2.45) is 0 Å². The van der Waals surface area contributed by atoms with Crippen LogP contribution in [-0.2, 0) is 19.6 Å². The average molecular weight is 293 g/mol. The molecule has 1 rings (SSSR count). The van der Waals surface area contributed by atoms with Gasteiger partial charge >= 0.3 is 0 Å². The molecule has 7 nitrogen and oxygen atoms in total. The summed E-state index contributed by atoms with van der Waals surface area (Å²) in [6.45, 7) is 7.00. The summed E-state index contributed by atoms with van der Waals surface area (Å²) in [4.78, 5) is 11.6. The molecule has 1 heterocycles. The van der Waals surface area contributed by atoms with Gasteiger partial charge < -0.3 is 15.4 Å². The van der Waals surface area contributed by atoms with E-state index in [1.807, 2.05) is 6.92 Å². The first-order valence-corrected chi connectivity index (χ1v) is 8.01. The molecule has 1 aliphatic rings. The van der Waals surface area contributed by atoms with Crippen LogP contribution in [0.1, 0.15) is 20.8 Å². The first kappa shape index (κ1) is 16.4. The van der Waals surface area contributed by atoms with Crippen LogP contribution < -0.4 is 15.4 Å². The van der Waals surface area contributed by atoms with Gasteiger partial charge in [0.15, 0.2) is 0 Å². The number of ether oxygens (including phenoxy) is 1. The van der Waals surface area contributed by atoms with Crippen molar-refractivity contribution in [2.75, 3.05) is 32.5 Å². The molecule has 0 spiro atoms. The molecule has 0 aromatic rings. The Labute approximate surface area is 114 Å². The molecular weight excluding hydrogens is 270 g/mol. The first-order valence-electron chi connectivity index (χ1n) is 6.12. The molecule has 112 valence electrons. The van der Waals surface area contributed by atoms with Gasteiger partial charge in [0.2, 0.25) is 15.9 Å². The molecule has 0 aromatic carbocycles. The molecule has 0 aliphatic carbocycles. The summed E-state index contributed by atoms with van der Waals surface area (Å²) >= 11 is 0. The third-order valence-electron chi connectivity index (χ3n) is 2.74. The fraction of sp³-hybridized carbons (Fsp3) is 0.909. The van der Waals surface area contributed by atoms with Gasteiger partial charge in [0.25, 0.3) is 0 Å². The van der Waals surface area contributed by atoms with Gasteiger partial charge in [0.1, 0.15) is 6.61 Å². The number of carbonyl (C=O) groups is 1. The van der Waals surface area contributed by atoms with Crippen LogP contribution in [0.3, 0.4) is 0 Å². The predicted octanol–water partition coefficient (Wildman–Crippen LogP) is -1.19. The molecule has 0 radical (unpaired) electrons. The highest BCUT2D eigenvalue weighted by Gasteiger charge is 2.33. The summed E-state index contributed by atoms with van der Waals surface area (Å²) in [5.74, 6) is -0.253. The second-order valence-electron chi connectivity index (χ2n) is 5.88. The van der Waals surface area contributed by atoms with Crippen LogP contribution in [0.15, 0.2) is 0 Å². The highest BCUT2D eigenvalue weighted by molar-refractivity contribution is 7.88. The average Bonchev–Trinajstić information content (AvgIpc) is 2.17. The van der Waals surface area contributed by atoms with Crippen molar-refractivity contribution < 1.29 is 17.9 Å². The largest absolute Gasteiger partial charge is 0.363 e. The molecule has 0 atom stereocenters. The standard InChI is InChI=1S/C11H23N3O4S/c1-10(2,14-19(4,16)17)6-13-9(15)5-18-11(3)7-12-8-11/h12,14H,5-8H2,1-4H3,(H,13,15). The van der Waals surface area contributed by atoms with E-state index >= 15 is 0 Å². The molecule has 3 N–H and O–H groups in total. The maximum atomic E-state index is 11.6. The van der Waals surface area contributed by atoms with Crippen LogP contribution in [0.2, 0.25) is 0 Å². The molecule has 0 saturated carbocycles. The van der Waals surface area contributed by atoms with Gasteiger partial charge in [-0.1, -0.05) is 0 Å². The molecule has 0 bridgehead atoms. The number of sulfonamides is 1. The Balaban J connectivity index is 2.29. The Morgan fingerprint density at radius 3 is 2.42 bits per heavy atom. The minimum atomic E-state index is -3.30. The van der Waals surface area contributed by atoms with Gasteiger partial charge in [0.05, 0.1) is 11.9 Å². The van der Waals surface area contributed by atoms with Crippen LogP contribution in [0.4, 0.5) is 0 Å². The zero-order valence-corrected chi connectivity index (χ0v) is 12.7. The van der Waals surface area contributed by atoms with Gasteiger partial charge in [-0.05, 0) is 20.8 Å². The second kappa shape index (κ2) is 5.74. The lowest BCUT2D eigenvalue weighted by Crippen LogP contribution is -2.60. The van der Waals surface area contributed by atoms with E-state index in [9.17, 15) is 13.2 Å². The summed E-state index contributed by atoms with van der Waals surface area (Å²) in [5.41, 5.74) is -0.997. The molecule has 0 unspecified atom stereocenters. The summed E-state index contributed by atoms with van der Waals surface area (Å²) < 4.78 is 30.2. The van der Waals surface area contributed by atoms with Gasteiger partial charge in [-0.25, -0.2) is 13.1 Å². The Bertz CT molecular complexity index is 429. The maximum Gasteiger partial charge on any atom is 0.246 e. The van der Waals surface area contributed by atoms with Gasteiger partial charge in [-0.15, -0.1) is 0 Å². The van der Waals surface area contributed by atoms with Crippen molar-refractivity contribution >= 4 is 15.9 Å². The number of hydrogen-bond donors (Lipinski definition) is 3. The molecule has 0 aromatic heterocycles. The third-order valence-corrected chi connectivity index (χ3v) is 3.66. The van der Waals surface area contributed by atoms with Gasteiger partial charge in [-0.3, -0.25) is 4.79 Å². The highest BCUT2D eigenvalue weighted by atomic mass is 32.2. The van der Waals surface area contributed by atoms with Crippen molar-refractivity contribution in [3.05, 3.63) is 0 Å². The van der Waals surface area contributed by atoms with E-state index < -0.39 is 15.6 Å². The predicted molar refractivity (Wildman–Crippen MR) is 72.3 cm³/mol. The molecule has 1 fully saturated rings. The third kappa shape index (κ3) is 6.33. The lowest BCUT2D eigenvalue weighted by Gasteiger charge is -2.38. The molecule has 1 amide bonds. The Kier molecular flexibility index (Phi) is 4.94. The quantitative estimate of drug-likeness (QED) is 0.548. The Morgan fingerprint density at radius 1 is 1.42 bits per heavy atom. The van der Waals surface area contributed by atoms with Gasteiger partial charge in [-0.2, -0.15) is 0 Å². The van der Waals surface area contributed by atoms with E-state index in [4.69, 9.17) is 4.74 Å². The molecule has 19 heavy (non-hydrogen) atoms. The topological polar surface area (TPSA) is 96.5 Å². The van der Waals surface area contributed by atoms with Crippen LogP contribution in [-0.4, -0.2) is 58.0 Å². The van der Waals surface area contributed by atoms with E-state index in [0.29, 0.717) is 0 Å². The monoisotopic (exact) mass is 293 g/mol. The SMILES string of the molecule is CC(C)(CNC(=O)COC1(C)CNC1)NS(C)(=O)=O. The smallest absolute Gasteiger partial charge is 0.246 e. The molecular formula is C11H23N3O4S. The van der Waals surface area contributed by atoms with E-state index in [1.165, 1.54) is 0 Å². The summed E-state index contributed by atoms with van der Waals surface area (Å²) in [7, 11) is -3.30. The molecule has 1 saturated heterocycles. The van der Waals surface area contributed by atoms with E-state index in [2.05, 4.69) is 15.4 Å². The van der Waals surface area contributed by atoms with Crippen molar-refractivity contribution in [3.63, 3.8) is 0 Å².